The van der Waals surface area contributed by atoms with E-state index < -0.39 is 0 Å². The molecule has 3 aromatic rings. The topological polar surface area (TPSA) is 57.2 Å². The number of hydrogen-bond acceptors (Lipinski definition) is 6. The van der Waals surface area contributed by atoms with E-state index in [0.717, 1.165) is 59.5 Å². The smallest absolute Gasteiger partial charge is 0.339 e. The van der Waals surface area contributed by atoms with E-state index in [0.29, 0.717) is 17.1 Å². The summed E-state index contributed by atoms with van der Waals surface area (Å²) in [6.45, 7) is 3.43. The van der Waals surface area contributed by atoms with Gasteiger partial charge in [0.25, 0.3) is 0 Å². The highest BCUT2D eigenvalue weighted by Crippen LogP contribution is 2.43. The fourth-order valence-electron chi connectivity index (χ4n) is 4.33. The standard InChI is InChI=1S/C24H23NO5/c1-27-20-12-16-10-17-14-30-24(26)23(17)22(19(16)13-21(20)28-2)15-4-3-5-18(11-15)25-6-8-29-9-7-25/h3-5,10-13H,6-9,14H2,1-2H3. The van der Waals surface area contributed by atoms with Gasteiger partial charge in [0.15, 0.2) is 11.5 Å². The Kier molecular flexibility index (Phi) is 4.71. The maximum absolute atomic E-state index is 12.7. The molecule has 0 aliphatic carbocycles. The molecular weight excluding hydrogens is 382 g/mol. The van der Waals surface area contributed by atoms with Gasteiger partial charge in [-0.15, -0.1) is 0 Å². The zero-order chi connectivity index (χ0) is 20.7. The molecule has 154 valence electrons. The van der Waals surface area contributed by atoms with E-state index in [1.807, 2.05) is 30.3 Å². The first-order chi connectivity index (χ1) is 14.7. The van der Waals surface area contributed by atoms with Crippen LogP contribution in [0.15, 0.2) is 42.5 Å². The Bertz CT molecular complexity index is 1130. The van der Waals surface area contributed by atoms with E-state index in [-0.39, 0.29) is 12.6 Å². The largest absolute Gasteiger partial charge is 0.493 e. The molecule has 0 atom stereocenters. The van der Waals surface area contributed by atoms with Gasteiger partial charge in [0.2, 0.25) is 0 Å². The highest BCUT2D eigenvalue weighted by atomic mass is 16.5. The number of nitrogens with zero attached hydrogens (tertiary/aromatic N) is 1. The zero-order valence-corrected chi connectivity index (χ0v) is 17.1. The second kappa shape index (κ2) is 7.54. The number of methoxy groups -OCH3 is 2. The summed E-state index contributed by atoms with van der Waals surface area (Å²) in [5.41, 5.74) is 4.50. The number of carbonyl (C=O) groups is 1. The summed E-state index contributed by atoms with van der Waals surface area (Å²) in [6.07, 6.45) is 0. The lowest BCUT2D eigenvalue weighted by atomic mass is 9.90. The van der Waals surface area contributed by atoms with Crippen molar-refractivity contribution in [3.63, 3.8) is 0 Å². The van der Waals surface area contributed by atoms with Crippen LogP contribution in [0.3, 0.4) is 0 Å². The monoisotopic (exact) mass is 405 g/mol. The van der Waals surface area contributed by atoms with Crippen LogP contribution in [0.4, 0.5) is 5.69 Å². The number of rotatable bonds is 4. The Morgan fingerprint density at radius 1 is 0.933 bits per heavy atom. The fourth-order valence-corrected chi connectivity index (χ4v) is 4.33. The van der Waals surface area contributed by atoms with Crippen molar-refractivity contribution in [3.8, 4) is 22.6 Å². The highest BCUT2D eigenvalue weighted by molar-refractivity contribution is 6.11. The third-order valence-electron chi connectivity index (χ3n) is 5.80. The van der Waals surface area contributed by atoms with Crippen LogP contribution in [0.1, 0.15) is 15.9 Å². The van der Waals surface area contributed by atoms with Gasteiger partial charge in [0.1, 0.15) is 6.61 Å². The first-order valence-electron chi connectivity index (χ1n) is 10.0. The minimum absolute atomic E-state index is 0.284. The first-order valence-corrected chi connectivity index (χ1v) is 10.0. The van der Waals surface area contributed by atoms with Gasteiger partial charge < -0.3 is 23.8 Å². The summed E-state index contributed by atoms with van der Waals surface area (Å²) >= 11 is 0. The predicted octanol–water partition coefficient (Wildman–Crippen LogP) is 4.03. The van der Waals surface area contributed by atoms with Crippen LogP contribution in [-0.2, 0) is 16.1 Å². The predicted molar refractivity (Wildman–Crippen MR) is 115 cm³/mol. The fraction of sp³-hybridized carbons (Fsp3) is 0.292. The van der Waals surface area contributed by atoms with Crippen LogP contribution in [0.2, 0.25) is 0 Å². The van der Waals surface area contributed by atoms with Crippen molar-refractivity contribution < 1.29 is 23.7 Å². The molecule has 5 rings (SSSR count). The summed E-state index contributed by atoms with van der Waals surface area (Å²) in [5, 5.41) is 1.92. The lowest BCUT2D eigenvalue weighted by molar-refractivity contribution is 0.0535. The Morgan fingerprint density at radius 2 is 1.70 bits per heavy atom. The lowest BCUT2D eigenvalue weighted by Crippen LogP contribution is -2.36. The van der Waals surface area contributed by atoms with Crippen molar-refractivity contribution in [1.82, 2.24) is 0 Å². The van der Waals surface area contributed by atoms with Gasteiger partial charge in [-0.3, -0.25) is 0 Å². The van der Waals surface area contributed by atoms with Gasteiger partial charge >= 0.3 is 5.97 Å². The molecule has 1 saturated heterocycles. The molecular formula is C24H23NO5. The molecule has 1 fully saturated rings. The van der Waals surface area contributed by atoms with E-state index in [9.17, 15) is 4.79 Å². The van der Waals surface area contributed by atoms with Gasteiger partial charge in [-0.1, -0.05) is 12.1 Å². The van der Waals surface area contributed by atoms with Crippen molar-refractivity contribution in [2.24, 2.45) is 0 Å². The van der Waals surface area contributed by atoms with Gasteiger partial charge in [-0.05, 0) is 46.7 Å². The number of fused-ring (bicyclic) bond motifs is 2. The Labute approximate surface area is 174 Å². The van der Waals surface area contributed by atoms with Crippen LogP contribution >= 0.6 is 0 Å². The van der Waals surface area contributed by atoms with Gasteiger partial charge in [-0.2, -0.15) is 0 Å². The molecule has 0 saturated carbocycles. The van der Waals surface area contributed by atoms with E-state index in [1.165, 1.54) is 0 Å². The molecule has 30 heavy (non-hydrogen) atoms. The second-order valence-electron chi connectivity index (χ2n) is 7.44. The molecule has 0 bridgehead atoms. The van der Waals surface area contributed by atoms with Crippen molar-refractivity contribution in [1.29, 1.82) is 0 Å². The SMILES string of the molecule is COc1cc2cc3c(c(-c4cccc(N5CCOCC5)c4)c2cc1OC)C(=O)OC3. The molecule has 2 aliphatic heterocycles. The molecule has 0 unspecified atom stereocenters. The molecule has 0 amide bonds. The molecule has 0 aromatic heterocycles. The van der Waals surface area contributed by atoms with E-state index >= 15 is 0 Å². The molecule has 0 radical (unpaired) electrons. The molecule has 0 N–H and O–H groups in total. The van der Waals surface area contributed by atoms with Crippen molar-refractivity contribution >= 4 is 22.4 Å². The number of esters is 1. The molecule has 2 aliphatic rings. The maximum atomic E-state index is 12.7. The average Bonchev–Trinajstić information content (AvgIpc) is 3.17. The van der Waals surface area contributed by atoms with Crippen LogP contribution < -0.4 is 14.4 Å². The van der Waals surface area contributed by atoms with Gasteiger partial charge in [0, 0.05) is 29.9 Å². The highest BCUT2D eigenvalue weighted by Gasteiger charge is 2.28. The quantitative estimate of drug-likeness (QED) is 0.611. The molecule has 6 nitrogen and oxygen atoms in total. The number of benzene rings is 3. The average molecular weight is 405 g/mol. The number of hydrogen-bond donors (Lipinski definition) is 0. The van der Waals surface area contributed by atoms with E-state index in [2.05, 4.69) is 17.0 Å². The zero-order valence-electron chi connectivity index (χ0n) is 17.1. The third-order valence-corrected chi connectivity index (χ3v) is 5.80. The lowest BCUT2D eigenvalue weighted by Gasteiger charge is -2.29. The number of ether oxygens (including phenoxy) is 4. The summed E-state index contributed by atoms with van der Waals surface area (Å²) in [7, 11) is 3.24. The second-order valence-corrected chi connectivity index (χ2v) is 7.44. The van der Waals surface area contributed by atoms with E-state index in [1.54, 1.807) is 14.2 Å². The van der Waals surface area contributed by atoms with E-state index in [4.69, 9.17) is 18.9 Å². The molecule has 6 heteroatoms. The Morgan fingerprint density at radius 3 is 2.47 bits per heavy atom. The van der Waals surface area contributed by atoms with Gasteiger partial charge in [-0.25, -0.2) is 4.79 Å². The first kappa shape index (κ1) is 18.8. The number of morpholine rings is 1. The van der Waals surface area contributed by atoms with Gasteiger partial charge in [0.05, 0.1) is 33.0 Å². The number of cyclic esters (lactones) is 1. The number of carbonyl (C=O) groups excluding carboxylic acids is 1. The van der Waals surface area contributed by atoms with Crippen LogP contribution in [-0.4, -0.2) is 46.5 Å². The molecule has 0 spiro atoms. The van der Waals surface area contributed by atoms with Crippen molar-refractivity contribution in [2.75, 3.05) is 45.4 Å². The minimum Gasteiger partial charge on any atom is -0.493 e. The summed E-state index contributed by atoms with van der Waals surface area (Å²) in [5.74, 6) is 0.999. The summed E-state index contributed by atoms with van der Waals surface area (Å²) < 4.78 is 21.9. The minimum atomic E-state index is -0.284. The Hall–Kier alpha value is -3.25. The van der Waals surface area contributed by atoms with Crippen molar-refractivity contribution in [3.05, 3.63) is 53.6 Å². The van der Waals surface area contributed by atoms with Crippen LogP contribution in [0, 0.1) is 0 Å². The van der Waals surface area contributed by atoms with Crippen LogP contribution in [0.5, 0.6) is 11.5 Å². The number of anilines is 1. The third kappa shape index (κ3) is 3.04. The van der Waals surface area contributed by atoms with Crippen LogP contribution in [0.25, 0.3) is 21.9 Å². The molecule has 2 heterocycles. The van der Waals surface area contributed by atoms with Crippen molar-refractivity contribution in [2.45, 2.75) is 6.61 Å². The normalized spacial score (nSPS) is 15.8. The molecule has 3 aromatic carbocycles. The summed E-state index contributed by atoms with van der Waals surface area (Å²) in [4.78, 5) is 15.0. The maximum Gasteiger partial charge on any atom is 0.339 e. The summed E-state index contributed by atoms with van der Waals surface area (Å²) in [6, 6.07) is 14.2. The Balaban J connectivity index is 1.75.